The molecule has 4 heteroatoms. The topological polar surface area (TPSA) is 58.7 Å². The van der Waals surface area contributed by atoms with Gasteiger partial charge in [-0.1, -0.05) is 44.0 Å². The molecule has 2 amide bonds. The summed E-state index contributed by atoms with van der Waals surface area (Å²) in [6, 6.07) is 6.99. The highest BCUT2D eigenvalue weighted by atomic mass is 16.2. The Morgan fingerprint density at radius 1 is 1.30 bits per heavy atom. The van der Waals surface area contributed by atoms with Gasteiger partial charge in [-0.25, -0.2) is 4.79 Å². The Labute approximate surface area is 119 Å². The van der Waals surface area contributed by atoms with Crippen LogP contribution in [0.4, 0.5) is 4.79 Å². The van der Waals surface area contributed by atoms with Gasteiger partial charge in [-0.2, -0.15) is 4.99 Å². The first-order chi connectivity index (χ1) is 9.45. The lowest BCUT2D eigenvalue weighted by Crippen LogP contribution is -2.38. The average molecular weight is 269 g/mol. The maximum absolute atomic E-state index is 11.9. The Morgan fingerprint density at radius 3 is 2.40 bits per heavy atom. The van der Waals surface area contributed by atoms with E-state index in [0.29, 0.717) is 11.8 Å². The number of nitrogens with zero attached hydrogens (tertiary/aromatic N) is 2. The van der Waals surface area contributed by atoms with E-state index in [4.69, 9.17) is 12.2 Å². The Balaban J connectivity index is 2.36. The van der Waals surface area contributed by atoms with Gasteiger partial charge in [0, 0.05) is 0 Å². The van der Waals surface area contributed by atoms with Gasteiger partial charge in [-0.05, 0) is 24.0 Å². The van der Waals surface area contributed by atoms with Crippen LogP contribution >= 0.6 is 0 Å². The van der Waals surface area contributed by atoms with E-state index in [9.17, 15) is 4.79 Å². The van der Waals surface area contributed by atoms with E-state index >= 15 is 0 Å². The SMILES string of the molecule is C#CC(C)N1C(=O)N=C(N)C1c1ccc(C(C)C)cc1. The molecule has 104 valence electrons. The quantitative estimate of drug-likeness (QED) is 0.858. The maximum Gasteiger partial charge on any atom is 0.347 e. The summed E-state index contributed by atoms with van der Waals surface area (Å²) in [7, 11) is 0. The minimum absolute atomic E-state index is 0.300. The molecule has 0 bridgehead atoms. The van der Waals surface area contributed by atoms with Gasteiger partial charge in [0.2, 0.25) is 0 Å². The van der Waals surface area contributed by atoms with Crippen molar-refractivity contribution in [2.75, 3.05) is 0 Å². The second kappa shape index (κ2) is 5.38. The van der Waals surface area contributed by atoms with E-state index in [1.165, 1.54) is 5.56 Å². The molecule has 4 nitrogen and oxygen atoms in total. The van der Waals surface area contributed by atoms with Gasteiger partial charge in [0.1, 0.15) is 11.9 Å². The summed E-state index contributed by atoms with van der Waals surface area (Å²) in [5.74, 6) is 3.32. The van der Waals surface area contributed by atoms with E-state index in [-0.39, 0.29) is 18.1 Å². The first-order valence-corrected chi connectivity index (χ1v) is 6.68. The number of aliphatic imine (C=N–C) groups is 1. The van der Waals surface area contributed by atoms with Crippen LogP contribution in [0, 0.1) is 12.3 Å². The van der Waals surface area contributed by atoms with Crippen molar-refractivity contribution < 1.29 is 4.79 Å². The molecule has 0 saturated carbocycles. The van der Waals surface area contributed by atoms with Crippen LogP contribution < -0.4 is 5.73 Å². The number of urea groups is 1. The van der Waals surface area contributed by atoms with Crippen LogP contribution in [0.2, 0.25) is 0 Å². The summed E-state index contributed by atoms with van der Waals surface area (Å²) in [6.07, 6.45) is 5.43. The van der Waals surface area contributed by atoms with Crippen LogP contribution in [0.5, 0.6) is 0 Å². The van der Waals surface area contributed by atoms with Gasteiger partial charge in [0.05, 0.1) is 6.04 Å². The smallest absolute Gasteiger partial charge is 0.347 e. The molecule has 2 unspecified atom stereocenters. The minimum Gasteiger partial charge on any atom is -0.385 e. The highest BCUT2D eigenvalue weighted by Gasteiger charge is 2.37. The number of hydrogen-bond donors (Lipinski definition) is 1. The lowest BCUT2D eigenvalue weighted by Gasteiger charge is -2.27. The lowest BCUT2D eigenvalue weighted by molar-refractivity contribution is 0.199. The summed E-state index contributed by atoms with van der Waals surface area (Å²) >= 11 is 0. The molecule has 1 heterocycles. The molecule has 20 heavy (non-hydrogen) atoms. The third-order valence-electron chi connectivity index (χ3n) is 3.58. The summed E-state index contributed by atoms with van der Waals surface area (Å²) in [5.41, 5.74) is 8.08. The largest absolute Gasteiger partial charge is 0.385 e. The van der Waals surface area contributed by atoms with Crippen molar-refractivity contribution in [2.24, 2.45) is 10.7 Å². The molecule has 0 aromatic heterocycles. The summed E-state index contributed by atoms with van der Waals surface area (Å²) < 4.78 is 0. The number of carbonyl (C=O) groups is 1. The fourth-order valence-electron chi connectivity index (χ4n) is 2.35. The Morgan fingerprint density at radius 2 is 1.90 bits per heavy atom. The van der Waals surface area contributed by atoms with Gasteiger partial charge < -0.3 is 5.73 Å². The minimum atomic E-state index is -0.370. The van der Waals surface area contributed by atoms with E-state index in [1.807, 2.05) is 12.1 Å². The van der Waals surface area contributed by atoms with Crippen LogP contribution in [-0.4, -0.2) is 22.8 Å². The predicted molar refractivity (Wildman–Crippen MR) is 80.4 cm³/mol. The molecule has 0 aliphatic carbocycles. The van der Waals surface area contributed by atoms with E-state index < -0.39 is 0 Å². The number of benzene rings is 1. The number of amidine groups is 1. The van der Waals surface area contributed by atoms with E-state index in [2.05, 4.69) is 36.9 Å². The Bertz CT molecular complexity index is 581. The van der Waals surface area contributed by atoms with Gasteiger partial charge in [-0.15, -0.1) is 6.42 Å². The first-order valence-electron chi connectivity index (χ1n) is 6.68. The van der Waals surface area contributed by atoms with Crippen LogP contribution in [0.3, 0.4) is 0 Å². The van der Waals surface area contributed by atoms with Gasteiger partial charge in [-0.3, -0.25) is 4.90 Å². The first kappa shape index (κ1) is 14.1. The number of terminal acetylenes is 1. The molecule has 1 aromatic carbocycles. The third-order valence-corrected chi connectivity index (χ3v) is 3.58. The van der Waals surface area contributed by atoms with Gasteiger partial charge in [0.25, 0.3) is 0 Å². The molecule has 0 spiro atoms. The Kier molecular flexibility index (Phi) is 3.80. The second-order valence-corrected chi connectivity index (χ2v) is 5.29. The monoisotopic (exact) mass is 269 g/mol. The number of nitrogens with two attached hydrogens (primary N) is 1. The Hall–Kier alpha value is -2.28. The molecule has 1 aromatic rings. The van der Waals surface area contributed by atoms with Gasteiger partial charge in [0.15, 0.2) is 0 Å². The van der Waals surface area contributed by atoms with Crippen LogP contribution in [0.25, 0.3) is 0 Å². The van der Waals surface area contributed by atoms with Crippen molar-refractivity contribution in [2.45, 2.75) is 38.8 Å². The van der Waals surface area contributed by atoms with Crippen molar-refractivity contribution in [3.05, 3.63) is 35.4 Å². The fourth-order valence-corrected chi connectivity index (χ4v) is 2.35. The zero-order valence-electron chi connectivity index (χ0n) is 12.0. The molecule has 0 saturated heterocycles. The number of carbonyl (C=O) groups excluding carboxylic acids is 1. The molecule has 2 rings (SSSR count). The van der Waals surface area contributed by atoms with Gasteiger partial charge >= 0.3 is 6.03 Å². The average Bonchev–Trinajstić information content (AvgIpc) is 2.72. The van der Waals surface area contributed by atoms with Crippen molar-refractivity contribution >= 4 is 11.9 Å². The number of hydrogen-bond acceptors (Lipinski definition) is 2. The number of rotatable bonds is 3. The highest BCUT2D eigenvalue weighted by molar-refractivity contribution is 6.03. The normalized spacial score (nSPS) is 19.9. The standard InChI is InChI=1S/C16H19N3O/c1-5-11(4)19-14(15(17)18-16(19)20)13-8-6-12(7-9-13)10(2)3/h1,6-11,14H,2-4H3,(H2,17,18,20). The molecular formula is C16H19N3O. The predicted octanol–water partition coefficient (Wildman–Crippen LogP) is 2.67. The lowest BCUT2D eigenvalue weighted by atomic mass is 9.98. The van der Waals surface area contributed by atoms with Crippen LogP contribution in [0.15, 0.2) is 29.3 Å². The van der Waals surface area contributed by atoms with Crippen molar-refractivity contribution in [3.63, 3.8) is 0 Å². The summed E-state index contributed by atoms with van der Waals surface area (Å²) in [4.78, 5) is 17.3. The van der Waals surface area contributed by atoms with Crippen molar-refractivity contribution in [1.29, 1.82) is 0 Å². The fraction of sp³-hybridized carbons (Fsp3) is 0.375. The molecule has 2 atom stereocenters. The summed E-state index contributed by atoms with van der Waals surface area (Å²) in [6.45, 7) is 6.06. The molecule has 1 aliphatic heterocycles. The summed E-state index contributed by atoms with van der Waals surface area (Å²) in [5, 5.41) is 0. The van der Waals surface area contributed by atoms with Crippen molar-refractivity contribution in [3.8, 4) is 12.3 Å². The maximum atomic E-state index is 11.9. The molecular weight excluding hydrogens is 250 g/mol. The zero-order chi connectivity index (χ0) is 14.9. The molecule has 1 aliphatic rings. The zero-order valence-corrected chi connectivity index (χ0v) is 12.0. The third kappa shape index (κ3) is 2.39. The second-order valence-electron chi connectivity index (χ2n) is 5.29. The molecule has 0 fully saturated rings. The highest BCUT2D eigenvalue weighted by Crippen LogP contribution is 2.29. The molecule has 0 radical (unpaired) electrons. The number of amides is 2. The van der Waals surface area contributed by atoms with Crippen LogP contribution in [0.1, 0.15) is 43.9 Å². The molecule has 2 N–H and O–H groups in total. The van der Waals surface area contributed by atoms with E-state index in [0.717, 1.165) is 5.56 Å². The van der Waals surface area contributed by atoms with Crippen molar-refractivity contribution in [1.82, 2.24) is 4.90 Å². The van der Waals surface area contributed by atoms with E-state index in [1.54, 1.807) is 11.8 Å². The van der Waals surface area contributed by atoms with Crippen LogP contribution in [-0.2, 0) is 0 Å².